The molecule has 754 valence electrons. The number of ketones is 2. The molecule has 6 unspecified atom stereocenters. The van der Waals surface area contributed by atoms with Gasteiger partial charge in [0.2, 0.25) is 0 Å². The predicted octanol–water partition coefficient (Wildman–Crippen LogP) is 27.8. The van der Waals surface area contributed by atoms with Gasteiger partial charge in [-0.05, 0) is 360 Å². The third-order valence-electron chi connectivity index (χ3n) is 32.4. The highest BCUT2D eigenvalue weighted by Crippen LogP contribution is 2.64. The third kappa shape index (κ3) is 23.6. The van der Waals surface area contributed by atoms with E-state index in [1.54, 1.807) is 0 Å². The molecule has 0 amide bonds. The Hall–Kier alpha value is -9.39. The molecule has 16 aliphatic carbocycles. The maximum Gasteiger partial charge on any atom is 0.419 e. The van der Waals surface area contributed by atoms with Gasteiger partial charge in [-0.1, -0.05) is 159 Å². The van der Waals surface area contributed by atoms with Gasteiger partial charge in [-0.3, -0.25) is 28.8 Å². The second kappa shape index (κ2) is 42.6. The number of ether oxygens (including phenoxy) is 6. The average Bonchev–Trinajstić information content (AvgIpc) is 0.730. The van der Waals surface area contributed by atoms with Crippen molar-refractivity contribution in [2.24, 2.45) is 92.7 Å². The zero-order valence-corrected chi connectivity index (χ0v) is 85.8. The van der Waals surface area contributed by atoms with Crippen molar-refractivity contribution in [1.82, 2.24) is 0 Å². The molecular weight excluding hydrogens is 1870 g/mol. The van der Waals surface area contributed by atoms with Crippen LogP contribution < -0.4 is 0 Å². The zero-order valence-electron chi connectivity index (χ0n) is 83.4. The van der Waals surface area contributed by atoms with Gasteiger partial charge in [0.15, 0.2) is 56.3 Å². The highest BCUT2D eigenvalue weighted by atomic mass is 32.2. The molecule has 23 heteroatoms. The van der Waals surface area contributed by atoms with E-state index in [9.17, 15) is 63.9 Å². The standard InChI is InChI=1S/C28H34F4O7.C28H38F4O5.3C21H21S/c1-25(29,30)28(31,32)38-13-20(39-24(36)27-7-15-4-18(10-27)22(34)19(5-15)11-27)12-37-23(35)26-6-14-2-16(8-26)21(33)17(3-14)9-26;1-25(29,30)28(31,32)36-15-22(37-24(34)27-11-19-5-20(12-27)7-21(6-19)13-27)14-35-23(33)26-8-16-2-17(9-26)4-18(3-16)10-26;3*1-16-4-10-19(11-5-16)22(20-12-6-17(2)7-13-20)21-14-8-18(3)9-15-21/h14-20H,2-13H2,1H3;16-22H,2-15H2,1H3;3*4-15H,1-3H3/q;;3*+1. The van der Waals surface area contributed by atoms with Crippen LogP contribution in [0.4, 0.5) is 35.1 Å². The first-order chi connectivity index (χ1) is 67.4. The van der Waals surface area contributed by atoms with Crippen LogP contribution >= 0.6 is 0 Å². The lowest BCUT2D eigenvalue weighted by atomic mass is 9.49. The van der Waals surface area contributed by atoms with Crippen LogP contribution in [0.1, 0.15) is 205 Å². The second-order valence-electron chi connectivity index (χ2n) is 44.4. The van der Waals surface area contributed by atoms with E-state index in [0.717, 1.165) is 83.5 Å². The van der Waals surface area contributed by atoms with Crippen LogP contribution in [0.5, 0.6) is 0 Å². The Morgan fingerprint density at radius 1 is 0.261 bits per heavy atom. The summed E-state index contributed by atoms with van der Waals surface area (Å²) < 4.78 is 140. The summed E-state index contributed by atoms with van der Waals surface area (Å²) in [7, 11) is -0.118. The Labute approximate surface area is 840 Å². The number of aryl methyl sites for hydroxylation is 9. The van der Waals surface area contributed by atoms with Crippen LogP contribution in [0.2, 0.25) is 0 Å². The van der Waals surface area contributed by atoms with Crippen LogP contribution in [0.25, 0.3) is 0 Å². The molecule has 16 aliphatic rings. The largest absolute Gasteiger partial charge is 0.461 e. The number of hydrogen-bond donors (Lipinski definition) is 0. The molecule has 16 saturated carbocycles. The SMILES string of the molecule is CC(F)(F)C(F)(F)OCC(COC(=O)C12CC3CC(C1)C(=O)C(C3)C2)OC(=O)C12CC3CC(C1)C(=O)C(C3)C2.CC(F)(F)C(F)(F)OCC(COC(=O)C12CC3CC(CC(C3)C1)C2)OC(=O)C12CC3CC(CC(C3)C1)C2.Cc1ccc([S+](c2ccc(C)cc2)c2ccc(C)cc2)cc1.Cc1ccc([S+](c2ccc(C)cc2)c2ccc(C)cc2)cc1.Cc1ccc([S+](c2ccc(C)cc2)c2ccc(C)cc2)cc1. The summed E-state index contributed by atoms with van der Waals surface area (Å²) in [6.45, 7) is 16.2. The Morgan fingerprint density at radius 3 is 0.606 bits per heavy atom. The van der Waals surface area contributed by atoms with E-state index in [4.69, 9.17) is 18.9 Å². The molecule has 16 bridgehead atoms. The van der Waals surface area contributed by atoms with Crippen molar-refractivity contribution in [1.29, 1.82) is 0 Å². The van der Waals surface area contributed by atoms with Gasteiger partial charge in [0.25, 0.3) is 0 Å². The minimum Gasteiger partial charge on any atom is -0.461 e. The van der Waals surface area contributed by atoms with Crippen LogP contribution in [-0.2, 0) is 89.9 Å². The molecule has 0 radical (unpaired) electrons. The van der Waals surface area contributed by atoms with Crippen LogP contribution in [0.15, 0.2) is 262 Å². The molecule has 25 rings (SSSR count). The lowest BCUT2D eigenvalue weighted by Gasteiger charge is -2.55. The van der Waals surface area contributed by atoms with Gasteiger partial charge >= 0.3 is 47.9 Å². The molecule has 0 saturated heterocycles. The first-order valence-corrected chi connectivity index (χ1v) is 54.6. The van der Waals surface area contributed by atoms with Gasteiger partial charge < -0.3 is 28.4 Å². The van der Waals surface area contributed by atoms with Crippen LogP contribution in [0.3, 0.4) is 0 Å². The Morgan fingerprint density at radius 2 is 0.423 bits per heavy atom. The Kier molecular flexibility index (Phi) is 31.2. The van der Waals surface area contributed by atoms with E-state index in [1.165, 1.54) is 94.1 Å². The summed E-state index contributed by atoms with van der Waals surface area (Å²) in [5, 5.41) is 0. The van der Waals surface area contributed by atoms with Crippen molar-refractivity contribution in [3.63, 3.8) is 0 Å². The number of carbonyl (C=O) groups excluding carboxylic acids is 6. The lowest BCUT2D eigenvalue weighted by molar-refractivity contribution is -0.346. The maximum atomic E-state index is 13.9. The van der Waals surface area contributed by atoms with Gasteiger partial charge in [0, 0.05) is 37.5 Å². The Balaban J connectivity index is 0.000000125. The highest BCUT2D eigenvalue weighted by molar-refractivity contribution is 7.97. The monoisotopic (exact) mass is 2000 g/mol. The van der Waals surface area contributed by atoms with E-state index in [1.807, 2.05) is 0 Å². The number of alkyl halides is 8. The number of halogens is 8. The van der Waals surface area contributed by atoms with Gasteiger partial charge in [-0.2, -0.15) is 35.1 Å². The number of benzene rings is 9. The minimum absolute atomic E-state index is 0.0226. The first kappa shape index (κ1) is 104. The summed E-state index contributed by atoms with van der Waals surface area (Å²) in [6, 6.07) is 80.4. The molecule has 0 aromatic heterocycles. The van der Waals surface area contributed by atoms with Gasteiger partial charge in [-0.15, -0.1) is 0 Å². The number of hydrogen-bond acceptors (Lipinski definition) is 12. The van der Waals surface area contributed by atoms with Gasteiger partial charge in [0.05, 0.1) is 67.6 Å². The second-order valence-corrected chi connectivity index (χ2v) is 50.4. The Bertz CT molecular complexity index is 5170. The molecule has 9 aromatic rings. The fourth-order valence-corrected chi connectivity index (χ4v) is 32.2. The van der Waals surface area contributed by atoms with Crippen LogP contribution in [0, 0.1) is 155 Å². The van der Waals surface area contributed by atoms with Crippen LogP contribution in [-0.4, -0.2) is 98.1 Å². The lowest BCUT2D eigenvalue weighted by Crippen LogP contribution is -2.56. The van der Waals surface area contributed by atoms with Gasteiger partial charge in [-0.25, -0.2) is 0 Å². The number of esters is 4. The fourth-order valence-electron chi connectivity index (χ4n) is 26.1. The van der Waals surface area contributed by atoms with Crippen molar-refractivity contribution in [2.45, 2.75) is 298 Å². The van der Waals surface area contributed by atoms with Crippen molar-refractivity contribution in [2.75, 3.05) is 26.4 Å². The van der Waals surface area contributed by atoms with E-state index in [0.29, 0.717) is 93.3 Å². The third-order valence-corrected chi connectivity index (χ3v) is 39.1. The first-order valence-electron chi connectivity index (χ1n) is 50.9. The highest BCUT2D eigenvalue weighted by Gasteiger charge is 2.64. The van der Waals surface area contributed by atoms with Crippen molar-refractivity contribution < 1.29 is 92.3 Å². The summed E-state index contributed by atoms with van der Waals surface area (Å²) in [5.41, 5.74) is 8.74. The fraction of sp³-hybridized carbons (Fsp3) is 0.496. The molecule has 0 N–H and O–H groups in total. The summed E-state index contributed by atoms with van der Waals surface area (Å²) in [6.07, 6.45) is 4.18. The molecule has 0 spiro atoms. The summed E-state index contributed by atoms with van der Waals surface area (Å²) >= 11 is 0. The topological polar surface area (TPSA) is 158 Å². The normalized spacial score (nSPS) is 27.5. The van der Waals surface area contributed by atoms with Crippen molar-refractivity contribution >= 4 is 68.1 Å². The van der Waals surface area contributed by atoms with Crippen molar-refractivity contribution in [3.8, 4) is 0 Å². The van der Waals surface area contributed by atoms with E-state index >= 15 is 0 Å². The zero-order chi connectivity index (χ0) is 101. The van der Waals surface area contributed by atoms with E-state index < -0.39 is 102 Å². The molecule has 16 fully saturated rings. The predicted molar refractivity (Wildman–Crippen MR) is 535 cm³/mol. The van der Waals surface area contributed by atoms with E-state index in [-0.39, 0.29) is 99.6 Å². The quantitative estimate of drug-likeness (QED) is 0.0208. The molecule has 0 heterocycles. The summed E-state index contributed by atoms with van der Waals surface area (Å²) in [5.74, 6) is -8.17. The smallest absolute Gasteiger partial charge is 0.419 e. The number of rotatable bonds is 27. The number of carbonyl (C=O) groups is 6. The summed E-state index contributed by atoms with van der Waals surface area (Å²) in [4.78, 5) is 90.8. The van der Waals surface area contributed by atoms with Crippen molar-refractivity contribution in [3.05, 3.63) is 268 Å². The molecule has 6 atom stereocenters. The minimum atomic E-state index is -4.82. The van der Waals surface area contributed by atoms with E-state index in [2.05, 4.69) is 290 Å². The molecule has 0 aliphatic heterocycles. The number of Topliss-reactive ketones (excluding diaryl/α,β-unsaturated/α-hetero) is 2. The maximum absolute atomic E-state index is 13.9. The molecule has 142 heavy (non-hydrogen) atoms. The molecule has 12 nitrogen and oxygen atoms in total. The van der Waals surface area contributed by atoms with Gasteiger partial charge in [0.1, 0.15) is 24.8 Å². The molecular formula is C119H135F8O12S3+3. The average molecular weight is 2010 g/mol. The molecule has 9 aromatic carbocycles.